The second kappa shape index (κ2) is 7.53. The van der Waals surface area contributed by atoms with Crippen molar-refractivity contribution >= 4 is 23.5 Å². The fraction of sp³-hybridized carbons (Fsp3) is 0.793. The van der Waals surface area contributed by atoms with Crippen molar-refractivity contribution in [3.8, 4) is 0 Å². The monoisotopic (exact) mass is 512 g/mol. The number of Topliss-reactive ketones (excluding diaryl/α,β-unsaturated/α-hetero) is 2. The second-order valence-electron chi connectivity index (χ2n) is 12.9. The lowest BCUT2D eigenvalue weighted by atomic mass is 9.81. The van der Waals surface area contributed by atoms with Gasteiger partial charge in [-0.2, -0.15) is 0 Å². The van der Waals surface area contributed by atoms with E-state index in [-0.39, 0.29) is 95.2 Å². The van der Waals surface area contributed by atoms with Gasteiger partial charge in [-0.05, 0) is 48.3 Å². The Hall–Kier alpha value is -2.06. The van der Waals surface area contributed by atoms with Gasteiger partial charge in [0.25, 0.3) is 0 Å². The molecule has 6 fully saturated rings. The van der Waals surface area contributed by atoms with Crippen LogP contribution in [0.5, 0.6) is 0 Å². The number of allylic oxidation sites excluding steroid dienone is 2. The zero-order valence-electron chi connectivity index (χ0n) is 22.3. The first-order valence-corrected chi connectivity index (χ1v) is 13.9. The maximum atomic E-state index is 13.2. The molecule has 0 radical (unpaired) electrons. The highest BCUT2D eigenvalue weighted by molar-refractivity contribution is 6.01. The molecule has 4 bridgehead atoms. The number of carbonyl (C=O) groups is 4. The van der Waals surface area contributed by atoms with Crippen LogP contribution in [0.1, 0.15) is 40.5 Å². The van der Waals surface area contributed by atoms with Gasteiger partial charge < -0.3 is 18.9 Å². The topological polar surface area (TPSA) is 105 Å². The molecule has 0 aromatic rings. The second-order valence-corrected chi connectivity index (χ2v) is 12.9. The Bertz CT molecular complexity index is 1020. The van der Waals surface area contributed by atoms with Crippen molar-refractivity contribution in [2.45, 2.75) is 65.0 Å². The molecule has 4 heterocycles. The van der Waals surface area contributed by atoms with Crippen molar-refractivity contribution in [2.75, 3.05) is 14.2 Å². The maximum absolute atomic E-state index is 13.2. The molecule has 0 spiro atoms. The molecule has 8 heteroatoms. The van der Waals surface area contributed by atoms with E-state index in [1.807, 2.05) is 27.7 Å². The Morgan fingerprint density at radius 1 is 0.649 bits per heavy atom. The van der Waals surface area contributed by atoms with Gasteiger partial charge in [0.15, 0.2) is 5.41 Å². The third kappa shape index (κ3) is 2.76. The van der Waals surface area contributed by atoms with Gasteiger partial charge in [0.2, 0.25) is 0 Å². The highest BCUT2D eigenvalue weighted by atomic mass is 16.5. The molecule has 37 heavy (non-hydrogen) atoms. The van der Waals surface area contributed by atoms with Crippen molar-refractivity contribution in [2.24, 2.45) is 64.6 Å². The smallest absolute Gasteiger partial charge is 0.323 e. The van der Waals surface area contributed by atoms with Crippen LogP contribution >= 0.6 is 0 Å². The van der Waals surface area contributed by atoms with Crippen LogP contribution in [0.2, 0.25) is 0 Å². The molecule has 0 aromatic heterocycles. The highest BCUT2D eigenvalue weighted by Crippen LogP contribution is 2.73. The Labute approximate surface area is 216 Å². The number of rotatable bonds is 4. The fourth-order valence-corrected chi connectivity index (χ4v) is 9.71. The molecule has 2 unspecified atom stereocenters. The molecule has 4 saturated heterocycles. The fourth-order valence-electron chi connectivity index (χ4n) is 9.71. The minimum atomic E-state index is -1.38. The van der Waals surface area contributed by atoms with Crippen LogP contribution in [0, 0.1) is 64.6 Å². The number of hydrogen-bond acceptors (Lipinski definition) is 8. The number of esters is 2. The minimum Gasteiger partial charge on any atom is -0.468 e. The normalized spacial score (nSPS) is 52.1. The van der Waals surface area contributed by atoms with E-state index in [1.165, 1.54) is 25.4 Å². The Kier molecular flexibility index (Phi) is 4.89. The van der Waals surface area contributed by atoms with Gasteiger partial charge in [-0.1, -0.05) is 38.8 Å². The van der Waals surface area contributed by atoms with Gasteiger partial charge in [0.05, 0.1) is 38.6 Å². The summed E-state index contributed by atoms with van der Waals surface area (Å²) in [6.45, 7) is 7.88. The summed E-state index contributed by atoms with van der Waals surface area (Å²) in [5.74, 6) is 0.198. The van der Waals surface area contributed by atoms with Crippen LogP contribution < -0.4 is 0 Å². The first-order chi connectivity index (χ1) is 17.6. The van der Waals surface area contributed by atoms with Gasteiger partial charge in [-0.15, -0.1) is 0 Å². The van der Waals surface area contributed by atoms with Crippen LogP contribution in [-0.4, -0.2) is 62.1 Å². The van der Waals surface area contributed by atoms with Crippen molar-refractivity contribution in [3.63, 3.8) is 0 Å². The van der Waals surface area contributed by atoms with Crippen LogP contribution in [0.4, 0.5) is 0 Å². The van der Waals surface area contributed by atoms with E-state index < -0.39 is 17.4 Å². The lowest BCUT2D eigenvalue weighted by Gasteiger charge is -2.36. The lowest BCUT2D eigenvalue weighted by Crippen LogP contribution is -2.44. The molecule has 4 aliphatic heterocycles. The average Bonchev–Trinajstić information content (AvgIpc) is 3.64. The van der Waals surface area contributed by atoms with E-state index in [0.717, 1.165) is 0 Å². The summed E-state index contributed by atoms with van der Waals surface area (Å²) in [6.07, 6.45) is 0.160. The van der Waals surface area contributed by atoms with E-state index in [0.29, 0.717) is 12.8 Å². The molecule has 7 rings (SSSR count). The molecule has 0 aromatic carbocycles. The largest absolute Gasteiger partial charge is 0.468 e. The predicted octanol–water partition coefficient (Wildman–Crippen LogP) is 2.38. The Balaban J connectivity index is 1.28. The number of hydrogen-bond donors (Lipinski definition) is 0. The van der Waals surface area contributed by atoms with Gasteiger partial charge in [0.1, 0.15) is 11.6 Å². The van der Waals surface area contributed by atoms with Crippen molar-refractivity contribution in [1.29, 1.82) is 0 Å². The van der Waals surface area contributed by atoms with Crippen LogP contribution in [-0.2, 0) is 38.1 Å². The standard InChI is InChI=1S/C29H36O8/c1-9-21(30)10(2)24-18-15(17(18)23(9)36-24)13-7-29(27(32)34-5,28(33)35-6)8-14(13)16-19-20(16)26-12(4)22(31)11(3)25(19)37-26/h9-12,15-20,23-26H,7-8H2,1-6H3/t9-,10+,11-,12+,15?,16?,17+,18-,19+,20-,23-,24+,25-,26+. The average molecular weight is 513 g/mol. The highest BCUT2D eigenvalue weighted by Gasteiger charge is 2.75. The maximum Gasteiger partial charge on any atom is 0.323 e. The molecule has 0 N–H and O–H groups in total. The molecular weight excluding hydrogens is 476 g/mol. The van der Waals surface area contributed by atoms with E-state index in [9.17, 15) is 19.2 Å². The molecule has 0 amide bonds. The van der Waals surface area contributed by atoms with E-state index in [2.05, 4.69) is 0 Å². The number of ketones is 2. The third-order valence-corrected chi connectivity index (χ3v) is 11.5. The van der Waals surface area contributed by atoms with Crippen LogP contribution in [0.25, 0.3) is 0 Å². The summed E-state index contributed by atoms with van der Waals surface area (Å²) in [4.78, 5) is 52.0. The van der Waals surface area contributed by atoms with Gasteiger partial charge >= 0.3 is 11.9 Å². The van der Waals surface area contributed by atoms with Gasteiger partial charge in [-0.3, -0.25) is 19.2 Å². The Morgan fingerprint density at radius 3 is 1.22 bits per heavy atom. The SMILES string of the molecule is COC(=O)C1(C(=O)OC)CC(C2[C@@H]3[C@@H]4O[C@H]([C@H]23)[C@@H](C)C(=O)[C@H]4C)=C(C2[C@@H]3[C@@H]4O[C@H]([C@H]23)[C@@H](C)C(=O)[C@H]4C)C1. The third-order valence-electron chi connectivity index (χ3n) is 11.5. The summed E-state index contributed by atoms with van der Waals surface area (Å²) in [6, 6.07) is 0. The molecule has 7 aliphatic rings. The summed E-state index contributed by atoms with van der Waals surface area (Å²) in [5.41, 5.74) is 0.984. The van der Waals surface area contributed by atoms with Crippen LogP contribution in [0.15, 0.2) is 11.1 Å². The van der Waals surface area contributed by atoms with Gasteiger partial charge in [0, 0.05) is 23.7 Å². The number of carbonyl (C=O) groups excluding carboxylic acids is 4. The first kappa shape index (κ1) is 24.0. The van der Waals surface area contributed by atoms with E-state index >= 15 is 0 Å². The number of fused-ring (bicyclic) bond motifs is 10. The number of ether oxygens (including phenoxy) is 4. The predicted molar refractivity (Wildman–Crippen MR) is 128 cm³/mol. The quantitative estimate of drug-likeness (QED) is 0.321. The zero-order chi connectivity index (χ0) is 26.3. The molecular formula is C29H36O8. The van der Waals surface area contributed by atoms with E-state index in [1.54, 1.807) is 0 Å². The molecule has 2 saturated carbocycles. The van der Waals surface area contributed by atoms with Gasteiger partial charge in [-0.25, -0.2) is 0 Å². The lowest BCUT2D eigenvalue weighted by molar-refractivity contribution is -0.168. The molecule has 8 nitrogen and oxygen atoms in total. The molecule has 200 valence electrons. The van der Waals surface area contributed by atoms with Crippen LogP contribution in [0.3, 0.4) is 0 Å². The minimum absolute atomic E-state index is 0.109. The Morgan fingerprint density at radius 2 is 0.946 bits per heavy atom. The molecule has 14 atom stereocenters. The van der Waals surface area contributed by atoms with E-state index in [4.69, 9.17) is 18.9 Å². The first-order valence-electron chi connectivity index (χ1n) is 13.9. The van der Waals surface area contributed by atoms with Crippen molar-refractivity contribution in [3.05, 3.63) is 11.1 Å². The van der Waals surface area contributed by atoms with Crippen molar-refractivity contribution in [1.82, 2.24) is 0 Å². The summed E-state index contributed by atoms with van der Waals surface area (Å²) in [7, 11) is 2.64. The zero-order valence-corrected chi connectivity index (χ0v) is 22.3. The summed E-state index contributed by atoms with van der Waals surface area (Å²) in [5, 5.41) is 0. The molecule has 3 aliphatic carbocycles. The van der Waals surface area contributed by atoms with Crippen molar-refractivity contribution < 1.29 is 38.1 Å². The number of methoxy groups -OCH3 is 2. The summed E-state index contributed by atoms with van der Waals surface area (Å²) >= 11 is 0. The summed E-state index contributed by atoms with van der Waals surface area (Å²) < 4.78 is 23.0.